The monoisotopic (exact) mass is 225 g/mol. The molecule has 3 nitrogen and oxygen atoms in total. The summed E-state index contributed by atoms with van der Waals surface area (Å²) in [4.78, 5) is 11.3. The molecule has 2 rings (SSSR count). The molecular weight excluding hydrogens is 210 g/mol. The number of esters is 1. The van der Waals surface area contributed by atoms with Crippen LogP contribution < -0.4 is 0 Å². The van der Waals surface area contributed by atoms with E-state index in [1.807, 2.05) is 11.8 Å². The molecule has 2 heterocycles. The van der Waals surface area contributed by atoms with Crippen LogP contribution in [-0.2, 0) is 9.53 Å². The summed E-state index contributed by atoms with van der Waals surface area (Å²) in [5.41, 5.74) is -0.486. The van der Waals surface area contributed by atoms with Crippen LogP contribution in [0.15, 0.2) is 0 Å². The van der Waals surface area contributed by atoms with Gasteiger partial charge in [0.15, 0.2) is 0 Å². The molecule has 0 aliphatic carbocycles. The minimum Gasteiger partial charge on any atom is -0.458 e. The Kier molecular flexibility index (Phi) is 2.46. The van der Waals surface area contributed by atoms with E-state index in [1.165, 1.54) is 0 Å². The van der Waals surface area contributed by atoms with Crippen molar-refractivity contribution in [2.75, 3.05) is 5.75 Å². The predicted octanol–water partition coefficient (Wildman–Crippen LogP) is 2.12. The van der Waals surface area contributed by atoms with Gasteiger partial charge >= 0.3 is 5.97 Å². The number of carbonyl (C=O) groups is 1. The maximum absolute atomic E-state index is 11.3. The van der Waals surface area contributed by atoms with Gasteiger partial charge < -0.3 is 4.74 Å². The van der Waals surface area contributed by atoms with E-state index >= 15 is 0 Å². The smallest absolute Gasteiger partial charge is 0.307 e. The molecule has 0 aromatic rings. The first kappa shape index (κ1) is 10.8. The fourth-order valence-electron chi connectivity index (χ4n) is 2.60. The Morgan fingerprint density at radius 2 is 2.33 bits per heavy atom. The summed E-state index contributed by atoms with van der Waals surface area (Å²) >= 11 is 1.89. The van der Waals surface area contributed by atoms with Crippen LogP contribution in [0.3, 0.4) is 0 Å². The van der Waals surface area contributed by atoms with Gasteiger partial charge in [0.2, 0.25) is 0 Å². The van der Waals surface area contributed by atoms with Crippen LogP contribution in [0.4, 0.5) is 0 Å². The zero-order valence-corrected chi connectivity index (χ0v) is 9.89. The Hall–Kier alpha value is -0.690. The van der Waals surface area contributed by atoms with E-state index in [-0.39, 0.29) is 23.1 Å². The van der Waals surface area contributed by atoms with Crippen molar-refractivity contribution < 1.29 is 9.53 Å². The number of nitriles is 1. The fraction of sp³-hybridized carbons (Fsp3) is 0.818. The van der Waals surface area contributed by atoms with Crippen molar-refractivity contribution in [3.8, 4) is 6.07 Å². The molecule has 15 heavy (non-hydrogen) atoms. The van der Waals surface area contributed by atoms with Crippen molar-refractivity contribution in [3.63, 3.8) is 0 Å². The summed E-state index contributed by atoms with van der Waals surface area (Å²) in [6.07, 6.45) is 1.90. The lowest BCUT2D eigenvalue weighted by Gasteiger charge is -2.42. The predicted molar refractivity (Wildman–Crippen MR) is 58.3 cm³/mol. The first-order chi connectivity index (χ1) is 6.97. The minimum absolute atomic E-state index is 0.109. The third-order valence-electron chi connectivity index (χ3n) is 3.22. The first-order valence-electron chi connectivity index (χ1n) is 5.23. The van der Waals surface area contributed by atoms with E-state index in [0.29, 0.717) is 0 Å². The second-order valence-corrected chi connectivity index (χ2v) is 6.76. The maximum atomic E-state index is 11.3. The van der Waals surface area contributed by atoms with Crippen molar-refractivity contribution in [3.05, 3.63) is 0 Å². The van der Waals surface area contributed by atoms with Crippen molar-refractivity contribution in [2.24, 2.45) is 5.92 Å². The Bertz CT molecular complexity index is 334. The Labute approximate surface area is 94.2 Å². The quantitative estimate of drug-likeness (QED) is 0.592. The van der Waals surface area contributed by atoms with Crippen molar-refractivity contribution in [2.45, 2.75) is 43.5 Å². The van der Waals surface area contributed by atoms with Gasteiger partial charge in [-0.2, -0.15) is 17.0 Å². The van der Waals surface area contributed by atoms with Crippen LogP contribution in [0.5, 0.6) is 0 Å². The SMILES string of the molecule is CC1(C)C[C@]2(CCS1)OC(=O)C[C@H]2C#N. The standard InChI is InChI=1S/C11H15NO2S/c1-10(2)7-11(3-4-15-10)8(6-12)5-9(13)14-11/h8H,3-5,7H2,1-2H3/t8-,11-/m0/s1. The number of carbonyl (C=O) groups excluding carboxylic acids is 1. The van der Waals surface area contributed by atoms with Crippen LogP contribution >= 0.6 is 11.8 Å². The zero-order valence-electron chi connectivity index (χ0n) is 9.08. The van der Waals surface area contributed by atoms with Gasteiger partial charge in [0.05, 0.1) is 18.4 Å². The molecule has 2 atom stereocenters. The average molecular weight is 225 g/mol. The highest BCUT2D eigenvalue weighted by Crippen LogP contribution is 2.49. The van der Waals surface area contributed by atoms with Crippen LogP contribution in [-0.4, -0.2) is 22.1 Å². The molecule has 0 saturated carbocycles. The molecule has 0 aromatic heterocycles. The average Bonchev–Trinajstić information content (AvgIpc) is 2.39. The molecule has 2 saturated heterocycles. The topological polar surface area (TPSA) is 50.1 Å². The first-order valence-corrected chi connectivity index (χ1v) is 6.21. The molecular formula is C11H15NO2S. The maximum Gasteiger partial charge on any atom is 0.307 e. The van der Waals surface area contributed by atoms with E-state index in [9.17, 15) is 4.79 Å². The lowest BCUT2D eigenvalue weighted by molar-refractivity contribution is -0.150. The van der Waals surface area contributed by atoms with Crippen LogP contribution in [0, 0.1) is 17.2 Å². The van der Waals surface area contributed by atoms with Gasteiger partial charge in [0.1, 0.15) is 5.60 Å². The van der Waals surface area contributed by atoms with Crippen molar-refractivity contribution in [1.29, 1.82) is 5.26 Å². The third-order valence-corrected chi connectivity index (χ3v) is 4.56. The van der Waals surface area contributed by atoms with Gasteiger partial charge in [0.25, 0.3) is 0 Å². The Balaban J connectivity index is 2.25. The van der Waals surface area contributed by atoms with Gasteiger partial charge in [-0.25, -0.2) is 0 Å². The highest BCUT2D eigenvalue weighted by molar-refractivity contribution is 8.00. The Morgan fingerprint density at radius 1 is 1.60 bits per heavy atom. The third kappa shape index (κ3) is 1.85. The summed E-state index contributed by atoms with van der Waals surface area (Å²) in [6, 6.07) is 2.24. The number of nitrogens with zero attached hydrogens (tertiary/aromatic N) is 1. The van der Waals surface area contributed by atoms with E-state index in [1.54, 1.807) is 0 Å². The van der Waals surface area contributed by atoms with Gasteiger partial charge in [-0.15, -0.1) is 0 Å². The summed E-state index contributed by atoms with van der Waals surface area (Å²) in [5.74, 6) is 0.521. The second-order valence-electron chi connectivity index (χ2n) is 4.96. The molecule has 82 valence electrons. The number of hydrogen-bond donors (Lipinski definition) is 0. The van der Waals surface area contributed by atoms with Gasteiger partial charge in [-0.3, -0.25) is 4.79 Å². The number of hydrogen-bond acceptors (Lipinski definition) is 4. The summed E-state index contributed by atoms with van der Waals surface area (Å²) in [6.45, 7) is 4.30. The second kappa shape index (κ2) is 3.41. The van der Waals surface area contributed by atoms with Crippen LogP contribution in [0.2, 0.25) is 0 Å². The van der Waals surface area contributed by atoms with E-state index in [2.05, 4.69) is 19.9 Å². The zero-order chi connectivity index (χ0) is 11.1. The highest BCUT2D eigenvalue weighted by Gasteiger charge is 2.53. The fourth-order valence-corrected chi connectivity index (χ4v) is 3.95. The molecule has 0 N–H and O–H groups in total. The van der Waals surface area contributed by atoms with Crippen LogP contribution in [0.1, 0.15) is 33.1 Å². The van der Waals surface area contributed by atoms with Gasteiger partial charge in [-0.1, -0.05) is 13.8 Å². The Morgan fingerprint density at radius 3 is 2.93 bits per heavy atom. The molecule has 0 amide bonds. The molecule has 2 aliphatic rings. The van der Waals surface area contributed by atoms with Crippen molar-refractivity contribution >= 4 is 17.7 Å². The summed E-state index contributed by atoms with van der Waals surface area (Å²) in [5, 5.41) is 9.08. The normalized spacial score (nSPS) is 38.7. The molecule has 1 spiro atoms. The largest absolute Gasteiger partial charge is 0.458 e. The minimum atomic E-state index is -0.486. The van der Waals surface area contributed by atoms with Crippen LogP contribution in [0.25, 0.3) is 0 Å². The van der Waals surface area contributed by atoms with Gasteiger partial charge in [0, 0.05) is 11.2 Å². The van der Waals surface area contributed by atoms with E-state index < -0.39 is 5.60 Å². The lowest BCUT2D eigenvalue weighted by atomic mass is 9.79. The number of ether oxygens (including phenoxy) is 1. The van der Waals surface area contributed by atoms with E-state index in [0.717, 1.165) is 18.6 Å². The molecule has 0 unspecified atom stereocenters. The molecule has 2 aliphatic heterocycles. The van der Waals surface area contributed by atoms with Gasteiger partial charge in [-0.05, 0) is 12.2 Å². The van der Waals surface area contributed by atoms with Crippen molar-refractivity contribution in [1.82, 2.24) is 0 Å². The number of thioether (sulfide) groups is 1. The molecule has 2 fully saturated rings. The molecule has 0 bridgehead atoms. The molecule has 0 radical (unpaired) electrons. The highest BCUT2D eigenvalue weighted by atomic mass is 32.2. The molecule has 0 aromatic carbocycles. The molecule has 4 heteroatoms. The summed E-state index contributed by atoms with van der Waals surface area (Å²) in [7, 11) is 0. The summed E-state index contributed by atoms with van der Waals surface area (Å²) < 4.78 is 5.56. The lowest BCUT2D eigenvalue weighted by Crippen LogP contribution is -2.45. The number of rotatable bonds is 0. The van der Waals surface area contributed by atoms with E-state index in [4.69, 9.17) is 10.00 Å².